The van der Waals surface area contributed by atoms with Gasteiger partial charge in [-0.1, -0.05) is 18.2 Å². The van der Waals surface area contributed by atoms with Crippen LogP contribution in [0.1, 0.15) is 22.5 Å². The van der Waals surface area contributed by atoms with Crippen LogP contribution in [0.5, 0.6) is 5.75 Å². The fraction of sp³-hybridized carbons (Fsp3) is 0.188. The van der Waals surface area contributed by atoms with Crippen LogP contribution in [0.2, 0.25) is 0 Å². The van der Waals surface area contributed by atoms with Gasteiger partial charge in [-0.25, -0.2) is 9.78 Å². The Labute approximate surface area is 154 Å². The number of allylic oxidation sites excluding steroid dienone is 1. The number of aliphatic hydroxyl groups is 1. The molecule has 1 atom stereocenters. The molecule has 0 spiro atoms. The number of phenols is 1. The topological polar surface area (TPSA) is 106 Å². The summed E-state index contributed by atoms with van der Waals surface area (Å²) in [6.07, 6.45) is -3.37. The number of aromatic nitrogens is 1. The van der Waals surface area contributed by atoms with Gasteiger partial charge < -0.3 is 15.3 Å². The number of carboxylic acids is 1. The fourth-order valence-electron chi connectivity index (χ4n) is 2.36. The lowest BCUT2D eigenvalue weighted by Crippen LogP contribution is -2.55. The molecule has 27 heavy (non-hydrogen) atoms. The Bertz CT molecular complexity index is 941. The summed E-state index contributed by atoms with van der Waals surface area (Å²) in [6, 6.07) is 6.19. The number of carboxylic acid groups (broad SMARTS) is 1. The largest absolute Gasteiger partial charge is 0.507 e. The van der Waals surface area contributed by atoms with E-state index >= 15 is 0 Å². The number of aromatic hydroxyl groups is 1. The number of para-hydroxylation sites is 1. The molecule has 0 amide bonds. The Kier molecular flexibility index (Phi) is 4.66. The van der Waals surface area contributed by atoms with Crippen molar-refractivity contribution < 1.29 is 33.3 Å². The number of anilines is 1. The first-order valence-electron chi connectivity index (χ1n) is 7.43. The third-order valence-electron chi connectivity index (χ3n) is 3.74. The molecule has 1 aromatic carbocycles. The Morgan fingerprint density at radius 2 is 2.00 bits per heavy atom. The highest BCUT2D eigenvalue weighted by Gasteiger charge is 2.62. The van der Waals surface area contributed by atoms with Crippen LogP contribution < -0.4 is 5.01 Å². The molecule has 0 saturated carbocycles. The van der Waals surface area contributed by atoms with Crippen molar-refractivity contribution in [2.24, 2.45) is 5.10 Å². The predicted octanol–water partition coefficient (Wildman–Crippen LogP) is 3.08. The van der Waals surface area contributed by atoms with Gasteiger partial charge in [0.15, 0.2) is 5.69 Å². The molecule has 0 radical (unpaired) electrons. The Morgan fingerprint density at radius 3 is 2.59 bits per heavy atom. The van der Waals surface area contributed by atoms with Crippen molar-refractivity contribution in [3.63, 3.8) is 0 Å². The number of phenolic OH excluding ortho intramolecular Hbond substituents is 1. The molecule has 2 aromatic rings. The van der Waals surface area contributed by atoms with E-state index in [1.54, 1.807) is 18.2 Å². The Morgan fingerprint density at radius 1 is 1.30 bits per heavy atom. The van der Waals surface area contributed by atoms with Crippen molar-refractivity contribution >= 4 is 34.2 Å². The van der Waals surface area contributed by atoms with E-state index in [0.29, 0.717) is 16.9 Å². The lowest BCUT2D eigenvalue weighted by Gasteiger charge is -2.32. The molecule has 0 bridgehead atoms. The smallest absolute Gasteiger partial charge is 0.438 e. The molecule has 0 fully saturated rings. The number of aromatic carboxylic acids is 1. The molecule has 0 unspecified atom stereocenters. The van der Waals surface area contributed by atoms with E-state index in [9.17, 15) is 28.2 Å². The summed E-state index contributed by atoms with van der Waals surface area (Å²) in [4.78, 5) is 14.5. The number of hydrazone groups is 1. The minimum absolute atomic E-state index is 0.0682. The minimum atomic E-state index is -5.07. The summed E-state index contributed by atoms with van der Waals surface area (Å²) in [5.41, 5.74) is -3.58. The molecular weight excluding hydrogens is 387 g/mol. The standard InChI is InChI=1S/C16H12F3N3O4S/c17-16(18,19)15(26)7-10(6-5-9-3-1-2-4-12(9)23)21-22(15)14-20-11(8-27-14)13(24)25/h1-6,8,23,26H,7H2,(H,24,25)/b6-5+/t15-/m0/s1. The van der Waals surface area contributed by atoms with Crippen LogP contribution in [0, 0.1) is 0 Å². The average molecular weight is 399 g/mol. The second kappa shape index (κ2) is 6.67. The summed E-state index contributed by atoms with van der Waals surface area (Å²) in [7, 11) is 0. The number of hydrogen-bond acceptors (Lipinski definition) is 7. The second-order valence-corrected chi connectivity index (χ2v) is 6.44. The van der Waals surface area contributed by atoms with Crippen LogP contribution >= 0.6 is 11.3 Å². The first-order chi connectivity index (χ1) is 12.6. The van der Waals surface area contributed by atoms with Gasteiger partial charge >= 0.3 is 12.1 Å². The van der Waals surface area contributed by atoms with Crippen LogP contribution in [0.15, 0.2) is 40.8 Å². The van der Waals surface area contributed by atoms with Gasteiger partial charge in [0.2, 0.25) is 5.13 Å². The van der Waals surface area contributed by atoms with E-state index in [4.69, 9.17) is 5.11 Å². The molecule has 2 heterocycles. The van der Waals surface area contributed by atoms with Gasteiger partial charge in [-0.15, -0.1) is 11.3 Å². The lowest BCUT2D eigenvalue weighted by molar-refractivity contribution is -0.254. The zero-order chi connectivity index (χ0) is 19.8. The molecule has 1 aliphatic heterocycles. The highest BCUT2D eigenvalue weighted by molar-refractivity contribution is 7.14. The van der Waals surface area contributed by atoms with Crippen molar-refractivity contribution in [2.75, 3.05) is 5.01 Å². The SMILES string of the molecule is O=C(O)c1csc(N2N=C(/C=C/c3ccccc3O)C[C@]2(O)C(F)(F)F)n1. The van der Waals surface area contributed by atoms with Gasteiger partial charge in [0.1, 0.15) is 5.75 Å². The molecular formula is C16H12F3N3O4S. The summed E-state index contributed by atoms with van der Waals surface area (Å²) >= 11 is 0.615. The first kappa shape index (κ1) is 18.9. The summed E-state index contributed by atoms with van der Waals surface area (Å²) in [5, 5.41) is 33.5. The summed E-state index contributed by atoms with van der Waals surface area (Å²) < 4.78 is 40.4. The Balaban J connectivity index is 1.97. The quantitative estimate of drug-likeness (QED) is 0.730. The number of halogens is 3. The monoisotopic (exact) mass is 399 g/mol. The number of carbonyl (C=O) groups is 1. The molecule has 1 aromatic heterocycles. The molecule has 11 heteroatoms. The van der Waals surface area contributed by atoms with Gasteiger partial charge in [0.05, 0.1) is 12.1 Å². The molecule has 0 saturated heterocycles. The van der Waals surface area contributed by atoms with E-state index in [-0.39, 0.29) is 16.5 Å². The normalized spacial score (nSPS) is 20.3. The number of hydrogen-bond donors (Lipinski definition) is 3. The molecule has 3 rings (SSSR count). The van der Waals surface area contributed by atoms with Crippen LogP contribution in [0.4, 0.5) is 18.3 Å². The van der Waals surface area contributed by atoms with Crippen LogP contribution in [-0.4, -0.2) is 43.9 Å². The molecule has 7 nitrogen and oxygen atoms in total. The zero-order valence-corrected chi connectivity index (χ0v) is 14.2. The van der Waals surface area contributed by atoms with Gasteiger partial charge in [-0.3, -0.25) is 0 Å². The maximum Gasteiger partial charge on any atom is 0.438 e. The zero-order valence-electron chi connectivity index (χ0n) is 13.4. The molecule has 3 N–H and O–H groups in total. The number of nitrogens with zero attached hydrogens (tertiary/aromatic N) is 3. The highest BCUT2D eigenvalue weighted by atomic mass is 32.1. The highest BCUT2D eigenvalue weighted by Crippen LogP contribution is 2.43. The molecule has 1 aliphatic rings. The number of benzene rings is 1. The van der Waals surface area contributed by atoms with Crippen LogP contribution in [0.3, 0.4) is 0 Å². The predicted molar refractivity (Wildman–Crippen MR) is 91.7 cm³/mol. The summed E-state index contributed by atoms with van der Waals surface area (Å²) in [5.74, 6) is -1.47. The van der Waals surface area contributed by atoms with Gasteiger partial charge in [0, 0.05) is 10.9 Å². The number of thiazole rings is 1. The Hall–Kier alpha value is -2.92. The molecule has 0 aliphatic carbocycles. The second-order valence-electron chi connectivity index (χ2n) is 5.61. The van der Waals surface area contributed by atoms with E-state index in [2.05, 4.69) is 10.1 Å². The first-order valence-corrected chi connectivity index (χ1v) is 8.31. The van der Waals surface area contributed by atoms with Crippen LogP contribution in [0.25, 0.3) is 6.08 Å². The maximum atomic E-state index is 13.5. The van der Waals surface area contributed by atoms with Gasteiger partial charge in [-0.05, 0) is 18.2 Å². The lowest BCUT2D eigenvalue weighted by atomic mass is 10.1. The fourth-order valence-corrected chi connectivity index (χ4v) is 3.18. The number of rotatable bonds is 4. The average Bonchev–Trinajstić information content (AvgIpc) is 3.19. The maximum absolute atomic E-state index is 13.5. The van der Waals surface area contributed by atoms with E-state index in [0.717, 1.165) is 5.38 Å². The third kappa shape index (κ3) is 3.51. The summed E-state index contributed by atoms with van der Waals surface area (Å²) in [6.45, 7) is 0. The van der Waals surface area contributed by atoms with Gasteiger partial charge in [0.25, 0.3) is 5.72 Å². The van der Waals surface area contributed by atoms with E-state index in [1.807, 2.05) is 0 Å². The van der Waals surface area contributed by atoms with Crippen molar-refractivity contribution in [3.05, 3.63) is 47.0 Å². The minimum Gasteiger partial charge on any atom is -0.507 e. The van der Waals surface area contributed by atoms with E-state index < -0.39 is 35.1 Å². The van der Waals surface area contributed by atoms with Crippen molar-refractivity contribution in [1.82, 2.24) is 4.98 Å². The number of alkyl halides is 3. The van der Waals surface area contributed by atoms with Gasteiger partial charge in [-0.2, -0.15) is 23.3 Å². The van der Waals surface area contributed by atoms with Crippen LogP contribution in [-0.2, 0) is 0 Å². The van der Waals surface area contributed by atoms with Crippen molar-refractivity contribution in [3.8, 4) is 5.75 Å². The van der Waals surface area contributed by atoms with Crippen molar-refractivity contribution in [2.45, 2.75) is 18.3 Å². The third-order valence-corrected chi connectivity index (χ3v) is 4.56. The molecule has 142 valence electrons. The van der Waals surface area contributed by atoms with E-state index in [1.165, 1.54) is 18.2 Å². The van der Waals surface area contributed by atoms with Crippen molar-refractivity contribution in [1.29, 1.82) is 0 Å².